The highest BCUT2D eigenvalue weighted by atomic mass is 16.2. The van der Waals surface area contributed by atoms with Gasteiger partial charge in [0.1, 0.15) is 0 Å². The molecule has 0 fully saturated rings. The Morgan fingerprint density at radius 3 is 2.02 bits per heavy atom. The van der Waals surface area contributed by atoms with Gasteiger partial charge in [-0.25, -0.2) is 4.90 Å². The maximum Gasteiger partial charge on any atom is 0.268 e. The summed E-state index contributed by atoms with van der Waals surface area (Å²) in [6.07, 6.45) is 3.58. The van der Waals surface area contributed by atoms with Crippen LogP contribution in [0.25, 0.3) is 49.7 Å². The normalized spacial score (nSPS) is 12.8. The minimum Gasteiger partial charge on any atom is -0.308 e. The monoisotopic (exact) mass is 541 g/mol. The number of para-hydroxylation sites is 2. The molecule has 0 radical (unpaired) electrons. The molecule has 0 N–H and O–H groups in total. The molecule has 8 rings (SSSR count). The molecule has 0 aliphatic carbocycles. The van der Waals surface area contributed by atoms with Crippen molar-refractivity contribution in [3.8, 4) is 27.9 Å². The van der Waals surface area contributed by atoms with Crippen molar-refractivity contribution in [2.24, 2.45) is 0 Å². The fourth-order valence-electron chi connectivity index (χ4n) is 6.16. The molecular weight excluding hydrogens is 518 g/mol. The number of hydrogen-bond donors (Lipinski definition) is 0. The molecule has 2 aromatic heterocycles. The summed E-state index contributed by atoms with van der Waals surface area (Å²) in [5, 5.41) is 2.14. The first-order valence-electron chi connectivity index (χ1n) is 13.8. The third kappa shape index (κ3) is 3.54. The molecule has 5 nitrogen and oxygen atoms in total. The van der Waals surface area contributed by atoms with Gasteiger partial charge in [-0.3, -0.25) is 14.6 Å². The molecule has 1 aliphatic heterocycles. The van der Waals surface area contributed by atoms with Crippen molar-refractivity contribution in [3.05, 3.63) is 151 Å². The molecule has 0 saturated carbocycles. The Hall–Kier alpha value is -5.81. The van der Waals surface area contributed by atoms with Crippen LogP contribution in [0.3, 0.4) is 0 Å². The molecule has 5 aromatic carbocycles. The Kier molecular flexibility index (Phi) is 5.37. The number of amides is 2. The van der Waals surface area contributed by atoms with E-state index in [1.54, 1.807) is 18.5 Å². The molecule has 198 valence electrons. The zero-order chi connectivity index (χ0) is 28.2. The fraction of sp³-hybridized carbons (Fsp3) is 0. The zero-order valence-electron chi connectivity index (χ0n) is 22.4. The minimum absolute atomic E-state index is 0.319. The first kappa shape index (κ1) is 24.0. The van der Waals surface area contributed by atoms with Crippen molar-refractivity contribution in [2.75, 3.05) is 4.90 Å². The molecule has 0 bridgehead atoms. The van der Waals surface area contributed by atoms with Gasteiger partial charge in [0.15, 0.2) is 0 Å². The van der Waals surface area contributed by atoms with Crippen LogP contribution in [0.15, 0.2) is 140 Å². The highest BCUT2D eigenvalue weighted by molar-refractivity contribution is 6.36. The molecule has 0 saturated heterocycles. The summed E-state index contributed by atoms with van der Waals surface area (Å²) >= 11 is 0. The predicted molar refractivity (Wildman–Crippen MR) is 167 cm³/mol. The quantitative estimate of drug-likeness (QED) is 0.211. The summed E-state index contributed by atoms with van der Waals surface area (Å²) in [6, 6.07) is 41.5. The number of imide groups is 1. The average Bonchev–Trinajstić information content (AvgIpc) is 3.52. The van der Waals surface area contributed by atoms with E-state index in [-0.39, 0.29) is 11.8 Å². The molecule has 0 atom stereocenters. The lowest BCUT2D eigenvalue weighted by atomic mass is 10.0. The molecule has 42 heavy (non-hydrogen) atoms. The predicted octanol–water partition coefficient (Wildman–Crippen LogP) is 8.31. The van der Waals surface area contributed by atoms with E-state index in [1.165, 1.54) is 4.90 Å². The van der Waals surface area contributed by atoms with Crippen LogP contribution in [0, 0.1) is 0 Å². The van der Waals surface area contributed by atoms with Gasteiger partial charge in [0.2, 0.25) is 0 Å². The van der Waals surface area contributed by atoms with Crippen LogP contribution >= 0.6 is 0 Å². The molecular formula is C37H23N3O2. The largest absolute Gasteiger partial charge is 0.308 e. The molecule has 1 aliphatic rings. The molecule has 7 aromatic rings. The Bertz CT molecular complexity index is 2180. The second-order valence-corrected chi connectivity index (χ2v) is 10.3. The summed E-state index contributed by atoms with van der Waals surface area (Å²) in [6.45, 7) is 0. The third-order valence-corrected chi connectivity index (χ3v) is 8.05. The van der Waals surface area contributed by atoms with Crippen molar-refractivity contribution in [3.63, 3.8) is 0 Å². The molecule has 3 heterocycles. The van der Waals surface area contributed by atoms with E-state index >= 15 is 0 Å². The van der Waals surface area contributed by atoms with Gasteiger partial charge in [-0.1, -0.05) is 78.9 Å². The van der Waals surface area contributed by atoms with E-state index in [2.05, 4.69) is 39.9 Å². The number of hydrogen-bond acceptors (Lipinski definition) is 3. The van der Waals surface area contributed by atoms with Gasteiger partial charge in [0.25, 0.3) is 11.8 Å². The number of benzene rings is 5. The third-order valence-electron chi connectivity index (χ3n) is 8.05. The van der Waals surface area contributed by atoms with Gasteiger partial charge in [0.05, 0.1) is 33.5 Å². The smallest absolute Gasteiger partial charge is 0.268 e. The van der Waals surface area contributed by atoms with Gasteiger partial charge < -0.3 is 4.57 Å². The highest BCUT2D eigenvalue weighted by Crippen LogP contribution is 2.40. The van der Waals surface area contributed by atoms with Gasteiger partial charge in [-0.05, 0) is 65.2 Å². The fourth-order valence-corrected chi connectivity index (χ4v) is 6.16. The molecule has 0 spiro atoms. The van der Waals surface area contributed by atoms with E-state index in [0.717, 1.165) is 44.1 Å². The van der Waals surface area contributed by atoms with Crippen LogP contribution < -0.4 is 4.90 Å². The van der Waals surface area contributed by atoms with Gasteiger partial charge in [-0.2, -0.15) is 0 Å². The SMILES string of the molecule is O=C1c2cccc(-n3c4ccccc4c4cc(-c5ccncc5)ccc43)c2C(=O)N1c1ccccc1-c1ccccc1. The second-order valence-electron chi connectivity index (χ2n) is 10.3. The lowest BCUT2D eigenvalue weighted by molar-refractivity contribution is 0.0926. The van der Waals surface area contributed by atoms with Crippen molar-refractivity contribution in [1.29, 1.82) is 0 Å². The van der Waals surface area contributed by atoms with Crippen LogP contribution in [0.2, 0.25) is 0 Å². The van der Waals surface area contributed by atoms with E-state index in [1.807, 2.05) is 91.0 Å². The summed E-state index contributed by atoms with van der Waals surface area (Å²) in [4.78, 5) is 33.7. The van der Waals surface area contributed by atoms with Crippen molar-refractivity contribution in [2.45, 2.75) is 0 Å². The minimum atomic E-state index is -0.326. The van der Waals surface area contributed by atoms with Crippen LogP contribution in [0.1, 0.15) is 20.7 Å². The number of carbonyl (C=O) groups is 2. The highest BCUT2D eigenvalue weighted by Gasteiger charge is 2.40. The van der Waals surface area contributed by atoms with Crippen LogP contribution in [-0.4, -0.2) is 21.4 Å². The molecule has 5 heteroatoms. The standard InChI is InChI=1S/C37H23N3O2/c41-36-29-13-8-16-34(35(29)37(42)40(36)31-14-6-4-11-27(31)25-9-2-1-3-10-25)39-32-15-7-5-12-28(32)30-23-26(17-18-33(30)39)24-19-21-38-22-20-24/h1-23H. The Morgan fingerprint density at radius 1 is 0.476 bits per heavy atom. The van der Waals surface area contributed by atoms with Crippen molar-refractivity contribution in [1.82, 2.24) is 9.55 Å². The maximum atomic E-state index is 14.3. The lowest BCUT2D eigenvalue weighted by Gasteiger charge is -2.18. The van der Waals surface area contributed by atoms with E-state index < -0.39 is 0 Å². The second kappa shape index (κ2) is 9.39. The number of anilines is 1. The van der Waals surface area contributed by atoms with Crippen LogP contribution in [0.5, 0.6) is 0 Å². The molecule has 0 unspecified atom stereocenters. The summed E-state index contributed by atoms with van der Waals surface area (Å²) in [5.74, 6) is -0.644. The topological polar surface area (TPSA) is 55.2 Å². The van der Waals surface area contributed by atoms with E-state index in [9.17, 15) is 9.59 Å². The van der Waals surface area contributed by atoms with Crippen molar-refractivity contribution < 1.29 is 9.59 Å². The molecule has 2 amide bonds. The number of pyridine rings is 1. The van der Waals surface area contributed by atoms with Crippen LogP contribution in [0.4, 0.5) is 5.69 Å². The average molecular weight is 542 g/mol. The van der Waals surface area contributed by atoms with E-state index in [0.29, 0.717) is 22.5 Å². The van der Waals surface area contributed by atoms with Gasteiger partial charge >= 0.3 is 0 Å². The Labute approximate surface area is 241 Å². The lowest BCUT2D eigenvalue weighted by Crippen LogP contribution is -2.30. The summed E-state index contributed by atoms with van der Waals surface area (Å²) in [5.41, 5.74) is 7.94. The Morgan fingerprint density at radius 2 is 1.17 bits per heavy atom. The number of nitrogens with zero attached hydrogens (tertiary/aromatic N) is 3. The first-order chi connectivity index (χ1) is 20.7. The van der Waals surface area contributed by atoms with E-state index in [4.69, 9.17) is 0 Å². The summed E-state index contributed by atoms with van der Waals surface area (Å²) < 4.78 is 2.11. The maximum absolute atomic E-state index is 14.3. The Balaban J connectivity index is 1.33. The van der Waals surface area contributed by atoms with Crippen LogP contribution in [-0.2, 0) is 0 Å². The number of carbonyl (C=O) groups excluding carboxylic acids is 2. The zero-order valence-corrected chi connectivity index (χ0v) is 22.4. The van der Waals surface area contributed by atoms with Gasteiger partial charge in [-0.15, -0.1) is 0 Å². The van der Waals surface area contributed by atoms with Crippen molar-refractivity contribution >= 4 is 39.3 Å². The van der Waals surface area contributed by atoms with Gasteiger partial charge in [0, 0.05) is 28.7 Å². The number of fused-ring (bicyclic) bond motifs is 4. The number of aromatic nitrogens is 2. The summed E-state index contributed by atoms with van der Waals surface area (Å²) in [7, 11) is 0. The first-order valence-corrected chi connectivity index (χ1v) is 13.8. The number of rotatable bonds is 4.